The minimum atomic E-state index is -0.135. The van der Waals surface area contributed by atoms with Crippen molar-refractivity contribution < 1.29 is 4.79 Å². The van der Waals surface area contributed by atoms with E-state index in [0.717, 1.165) is 26.2 Å². The van der Waals surface area contributed by atoms with Gasteiger partial charge in [-0.3, -0.25) is 10.1 Å². The molecule has 0 aliphatic carbocycles. The van der Waals surface area contributed by atoms with Crippen molar-refractivity contribution in [3.63, 3.8) is 0 Å². The number of thiophene rings is 1. The number of benzene rings is 2. The predicted molar refractivity (Wildman–Crippen MR) is 99.9 cm³/mol. The molecule has 4 rings (SSSR count). The third-order valence-electron chi connectivity index (χ3n) is 3.72. The smallest absolute Gasteiger partial charge is 0.267 e. The summed E-state index contributed by atoms with van der Waals surface area (Å²) in [5, 5.41) is 13.5. The summed E-state index contributed by atoms with van der Waals surface area (Å²) in [5.74, 6) is -0.135. The van der Waals surface area contributed by atoms with Gasteiger partial charge in [-0.2, -0.15) is 0 Å². The maximum Gasteiger partial charge on any atom is 0.267 e. The second-order valence-electron chi connectivity index (χ2n) is 5.28. The number of carbonyl (C=O) groups excluding carboxylic acids is 1. The van der Waals surface area contributed by atoms with E-state index in [0.29, 0.717) is 10.0 Å². The first-order chi connectivity index (χ1) is 11.7. The maximum absolute atomic E-state index is 12.6. The van der Waals surface area contributed by atoms with Crippen LogP contribution in [-0.2, 0) is 0 Å². The molecule has 2 aromatic heterocycles. The van der Waals surface area contributed by atoms with Gasteiger partial charge in [0.1, 0.15) is 5.01 Å². The van der Waals surface area contributed by atoms with E-state index < -0.39 is 0 Å². The number of nitrogens with one attached hydrogen (secondary N) is 1. The van der Waals surface area contributed by atoms with Crippen molar-refractivity contribution in [2.24, 2.45) is 0 Å². The van der Waals surface area contributed by atoms with E-state index >= 15 is 0 Å². The average Bonchev–Trinajstić information content (AvgIpc) is 3.21. The van der Waals surface area contributed by atoms with Gasteiger partial charge in [0.2, 0.25) is 5.13 Å². The molecule has 1 N–H and O–H groups in total. The van der Waals surface area contributed by atoms with E-state index in [4.69, 9.17) is 0 Å². The number of carbonyl (C=O) groups is 1. The molecule has 6 heteroatoms. The summed E-state index contributed by atoms with van der Waals surface area (Å²) >= 11 is 2.87. The van der Waals surface area contributed by atoms with Crippen molar-refractivity contribution in [1.29, 1.82) is 0 Å². The fraction of sp³-hybridized carbons (Fsp3) is 0.0556. The predicted octanol–water partition coefficient (Wildman–Crippen LogP) is 4.98. The lowest BCUT2D eigenvalue weighted by atomic mass is 10.1. The second kappa shape index (κ2) is 6.14. The molecule has 0 fully saturated rings. The molecular formula is C18H13N3OS2. The Labute approximate surface area is 146 Å². The summed E-state index contributed by atoms with van der Waals surface area (Å²) < 4.78 is 1.11. The monoisotopic (exact) mass is 351 g/mol. The van der Waals surface area contributed by atoms with E-state index in [2.05, 4.69) is 15.5 Å². The van der Waals surface area contributed by atoms with Gasteiger partial charge < -0.3 is 0 Å². The molecule has 0 unspecified atom stereocenters. The highest BCUT2D eigenvalue weighted by molar-refractivity contribution is 7.21. The van der Waals surface area contributed by atoms with Gasteiger partial charge in [-0.25, -0.2) is 0 Å². The molecule has 0 saturated heterocycles. The van der Waals surface area contributed by atoms with Crippen molar-refractivity contribution in [1.82, 2.24) is 10.2 Å². The van der Waals surface area contributed by atoms with E-state index in [-0.39, 0.29) is 5.91 Å². The van der Waals surface area contributed by atoms with Crippen LogP contribution in [0.3, 0.4) is 0 Å². The molecule has 24 heavy (non-hydrogen) atoms. The van der Waals surface area contributed by atoms with Crippen molar-refractivity contribution in [2.45, 2.75) is 6.92 Å². The molecular weight excluding hydrogens is 338 g/mol. The quantitative estimate of drug-likeness (QED) is 0.566. The van der Waals surface area contributed by atoms with Crippen LogP contribution < -0.4 is 5.32 Å². The van der Waals surface area contributed by atoms with Gasteiger partial charge in [-0.15, -0.1) is 21.5 Å². The fourth-order valence-electron chi connectivity index (χ4n) is 2.52. The first-order valence-electron chi connectivity index (χ1n) is 7.41. The number of nitrogens with zero attached hydrogens (tertiary/aromatic N) is 2. The number of rotatable bonds is 3. The van der Waals surface area contributed by atoms with Crippen molar-refractivity contribution in [3.05, 3.63) is 65.0 Å². The Bertz CT molecular complexity index is 1020. The molecule has 2 heterocycles. The molecule has 1 amide bonds. The molecule has 0 aliphatic rings. The van der Waals surface area contributed by atoms with E-state index in [9.17, 15) is 4.79 Å². The number of fused-ring (bicyclic) bond motifs is 1. The zero-order valence-corrected chi connectivity index (χ0v) is 14.4. The summed E-state index contributed by atoms with van der Waals surface area (Å²) in [4.78, 5) is 13.3. The van der Waals surface area contributed by atoms with Crippen LogP contribution in [0.2, 0.25) is 0 Å². The minimum absolute atomic E-state index is 0.135. The summed E-state index contributed by atoms with van der Waals surface area (Å²) in [6.45, 7) is 1.98. The van der Waals surface area contributed by atoms with Gasteiger partial charge in [0.05, 0.1) is 4.88 Å². The number of hydrogen-bond acceptors (Lipinski definition) is 5. The maximum atomic E-state index is 12.6. The van der Waals surface area contributed by atoms with Crippen molar-refractivity contribution >= 4 is 43.8 Å². The number of hydrogen-bond donors (Lipinski definition) is 1. The lowest BCUT2D eigenvalue weighted by molar-refractivity contribution is 0.103. The lowest BCUT2D eigenvalue weighted by Crippen LogP contribution is -2.11. The Morgan fingerprint density at radius 2 is 1.71 bits per heavy atom. The van der Waals surface area contributed by atoms with Gasteiger partial charge in [0.25, 0.3) is 5.91 Å². The zero-order valence-electron chi connectivity index (χ0n) is 12.8. The fourth-order valence-corrected chi connectivity index (χ4v) is 4.36. The van der Waals surface area contributed by atoms with Gasteiger partial charge in [-0.05, 0) is 23.9 Å². The standard InChI is InChI=1S/C18H13N3OS2/c1-11-13-9-5-6-10-14(13)23-15(11)16(22)19-18-21-20-17(24-18)12-7-3-2-4-8-12/h2-10H,1H3,(H,19,21,22). The highest BCUT2D eigenvalue weighted by atomic mass is 32.1. The summed E-state index contributed by atoms with van der Waals surface area (Å²) in [6, 6.07) is 17.9. The molecule has 0 spiro atoms. The van der Waals surface area contributed by atoms with Crippen LogP contribution in [0.15, 0.2) is 54.6 Å². The summed E-state index contributed by atoms with van der Waals surface area (Å²) in [7, 11) is 0. The molecule has 2 aromatic carbocycles. The lowest BCUT2D eigenvalue weighted by Gasteiger charge is -1.99. The van der Waals surface area contributed by atoms with E-state index in [1.807, 2.05) is 61.5 Å². The minimum Gasteiger partial charge on any atom is -0.296 e. The Morgan fingerprint density at radius 3 is 2.50 bits per heavy atom. The molecule has 0 saturated carbocycles. The highest BCUT2D eigenvalue weighted by Gasteiger charge is 2.17. The van der Waals surface area contributed by atoms with Crippen LogP contribution >= 0.6 is 22.7 Å². The molecule has 0 radical (unpaired) electrons. The van der Waals surface area contributed by atoms with Crippen LogP contribution in [0.5, 0.6) is 0 Å². The van der Waals surface area contributed by atoms with Crippen molar-refractivity contribution in [2.75, 3.05) is 5.32 Å². The number of aromatic nitrogens is 2. The topological polar surface area (TPSA) is 54.9 Å². The number of anilines is 1. The second-order valence-corrected chi connectivity index (χ2v) is 7.31. The van der Waals surface area contributed by atoms with Gasteiger partial charge in [0.15, 0.2) is 0 Å². The van der Waals surface area contributed by atoms with Gasteiger partial charge >= 0.3 is 0 Å². The number of amides is 1. The normalized spacial score (nSPS) is 10.9. The Morgan fingerprint density at radius 1 is 0.958 bits per heavy atom. The Balaban J connectivity index is 1.60. The summed E-state index contributed by atoms with van der Waals surface area (Å²) in [6.07, 6.45) is 0. The number of aryl methyl sites for hydroxylation is 1. The van der Waals surface area contributed by atoms with Gasteiger partial charge in [0, 0.05) is 10.3 Å². The van der Waals surface area contributed by atoms with Crippen LogP contribution in [0.1, 0.15) is 15.2 Å². The van der Waals surface area contributed by atoms with E-state index in [1.165, 1.54) is 22.7 Å². The molecule has 0 bridgehead atoms. The molecule has 4 aromatic rings. The summed E-state index contributed by atoms with van der Waals surface area (Å²) in [5.41, 5.74) is 1.99. The van der Waals surface area contributed by atoms with Crippen LogP contribution in [0.25, 0.3) is 20.7 Å². The zero-order chi connectivity index (χ0) is 16.5. The van der Waals surface area contributed by atoms with Crippen LogP contribution in [0.4, 0.5) is 5.13 Å². The van der Waals surface area contributed by atoms with E-state index in [1.54, 1.807) is 0 Å². The van der Waals surface area contributed by atoms with Gasteiger partial charge in [-0.1, -0.05) is 59.9 Å². The van der Waals surface area contributed by atoms with Crippen molar-refractivity contribution in [3.8, 4) is 10.6 Å². The average molecular weight is 351 g/mol. The molecule has 0 atom stereocenters. The SMILES string of the molecule is Cc1c(C(=O)Nc2nnc(-c3ccccc3)s2)sc2ccccc12. The highest BCUT2D eigenvalue weighted by Crippen LogP contribution is 2.32. The molecule has 0 aliphatic heterocycles. The largest absolute Gasteiger partial charge is 0.296 e. The van der Waals surface area contributed by atoms with Crippen LogP contribution in [0, 0.1) is 6.92 Å². The third-order valence-corrected chi connectivity index (χ3v) is 5.88. The Hall–Kier alpha value is -2.57. The Kier molecular flexibility index (Phi) is 3.84. The first-order valence-corrected chi connectivity index (χ1v) is 9.04. The molecule has 4 nitrogen and oxygen atoms in total. The van der Waals surface area contributed by atoms with Crippen LogP contribution in [-0.4, -0.2) is 16.1 Å². The third kappa shape index (κ3) is 2.70. The molecule has 118 valence electrons. The first kappa shape index (κ1) is 15.0.